The fraction of sp³-hybridized carbons (Fsp3) is 0.545. The van der Waals surface area contributed by atoms with Crippen molar-refractivity contribution in [2.75, 3.05) is 24.2 Å². The molecule has 3 heterocycles. The molecular weight excluding hydrogens is 234 g/mol. The monoisotopic (exact) mass is 249 g/mol. The summed E-state index contributed by atoms with van der Waals surface area (Å²) in [5.41, 5.74) is 0.838. The van der Waals surface area contributed by atoms with Gasteiger partial charge in [-0.25, -0.2) is 9.97 Å². The minimum atomic E-state index is 0.808. The van der Waals surface area contributed by atoms with Crippen LogP contribution in [0, 0.1) is 0 Å². The largest absolute Gasteiger partial charge is 0.356 e. The van der Waals surface area contributed by atoms with Gasteiger partial charge in [0.25, 0.3) is 0 Å². The minimum absolute atomic E-state index is 0.808. The lowest BCUT2D eigenvalue weighted by Gasteiger charge is -2.28. The number of H-pyrrole nitrogens is 1. The molecule has 1 saturated heterocycles. The van der Waals surface area contributed by atoms with Crippen LogP contribution in [0.1, 0.15) is 19.3 Å². The number of hydrogen-bond acceptors (Lipinski definition) is 5. The molecule has 90 valence electrons. The maximum atomic E-state index is 4.63. The molecule has 0 aliphatic carbocycles. The first-order chi connectivity index (χ1) is 8.38. The number of aromatic nitrogens is 4. The second-order valence-electron chi connectivity index (χ2n) is 4.21. The van der Waals surface area contributed by atoms with Crippen LogP contribution in [0.15, 0.2) is 11.4 Å². The Labute approximate surface area is 104 Å². The number of nitrogens with zero attached hydrogens (tertiary/aromatic N) is 4. The topological polar surface area (TPSA) is 57.7 Å². The number of thioether (sulfide) groups is 1. The van der Waals surface area contributed by atoms with E-state index < -0.39 is 0 Å². The van der Waals surface area contributed by atoms with E-state index in [-0.39, 0.29) is 0 Å². The number of rotatable bonds is 2. The lowest BCUT2D eigenvalue weighted by atomic mass is 10.1. The highest BCUT2D eigenvalue weighted by Crippen LogP contribution is 2.27. The summed E-state index contributed by atoms with van der Waals surface area (Å²) in [6.45, 7) is 2.18. The van der Waals surface area contributed by atoms with Crippen LogP contribution in [0.5, 0.6) is 0 Å². The van der Waals surface area contributed by atoms with Gasteiger partial charge < -0.3 is 4.90 Å². The molecule has 1 N–H and O–H groups in total. The van der Waals surface area contributed by atoms with E-state index in [0.717, 1.165) is 35.1 Å². The summed E-state index contributed by atoms with van der Waals surface area (Å²) in [5.74, 6) is 1.04. The normalized spacial score (nSPS) is 16.6. The number of nitrogens with one attached hydrogen (secondary N) is 1. The van der Waals surface area contributed by atoms with Gasteiger partial charge in [0, 0.05) is 13.1 Å². The first-order valence-electron chi connectivity index (χ1n) is 5.88. The Bertz CT molecular complexity index is 518. The summed E-state index contributed by atoms with van der Waals surface area (Å²) < 4.78 is 0. The van der Waals surface area contributed by atoms with Gasteiger partial charge >= 0.3 is 0 Å². The fourth-order valence-electron chi connectivity index (χ4n) is 2.24. The third-order valence-corrected chi connectivity index (χ3v) is 3.66. The van der Waals surface area contributed by atoms with Crippen LogP contribution >= 0.6 is 11.8 Å². The molecule has 17 heavy (non-hydrogen) atoms. The minimum Gasteiger partial charge on any atom is -0.356 e. The van der Waals surface area contributed by atoms with E-state index in [9.17, 15) is 0 Å². The number of aromatic amines is 1. The highest BCUT2D eigenvalue weighted by Gasteiger charge is 2.17. The van der Waals surface area contributed by atoms with Crippen LogP contribution in [0.25, 0.3) is 11.0 Å². The Kier molecular flexibility index (Phi) is 2.88. The van der Waals surface area contributed by atoms with Gasteiger partial charge in [-0.3, -0.25) is 5.10 Å². The molecule has 1 aliphatic rings. The van der Waals surface area contributed by atoms with Crippen LogP contribution < -0.4 is 4.90 Å². The number of piperidine rings is 1. The van der Waals surface area contributed by atoms with Crippen molar-refractivity contribution in [3.8, 4) is 0 Å². The van der Waals surface area contributed by atoms with Crippen molar-refractivity contribution in [3.63, 3.8) is 0 Å². The van der Waals surface area contributed by atoms with E-state index in [4.69, 9.17) is 0 Å². The quantitative estimate of drug-likeness (QED) is 0.652. The molecule has 0 unspecified atom stereocenters. The zero-order valence-corrected chi connectivity index (χ0v) is 10.6. The van der Waals surface area contributed by atoms with Crippen molar-refractivity contribution in [2.24, 2.45) is 0 Å². The maximum Gasteiger partial charge on any atom is 0.191 e. The molecule has 6 heteroatoms. The summed E-state index contributed by atoms with van der Waals surface area (Å²) in [5, 5.41) is 8.84. The molecule has 0 radical (unpaired) electrons. The number of anilines is 1. The molecule has 0 amide bonds. The van der Waals surface area contributed by atoms with Gasteiger partial charge in [0.15, 0.2) is 10.8 Å². The molecule has 3 rings (SSSR count). The van der Waals surface area contributed by atoms with Crippen LogP contribution in [0.2, 0.25) is 0 Å². The second kappa shape index (κ2) is 4.52. The SMILES string of the molecule is CSc1nc(N2CCCCC2)c2cn[nH]c2n1. The molecule has 0 saturated carbocycles. The molecule has 5 nitrogen and oxygen atoms in total. The zero-order valence-electron chi connectivity index (χ0n) is 9.81. The predicted octanol–water partition coefficient (Wildman–Crippen LogP) is 2.07. The van der Waals surface area contributed by atoms with E-state index in [2.05, 4.69) is 25.1 Å². The van der Waals surface area contributed by atoms with Crippen molar-refractivity contribution < 1.29 is 0 Å². The summed E-state index contributed by atoms with van der Waals surface area (Å²) in [6, 6.07) is 0. The Morgan fingerprint density at radius 2 is 2.06 bits per heavy atom. The zero-order chi connectivity index (χ0) is 11.7. The Morgan fingerprint density at radius 1 is 1.24 bits per heavy atom. The van der Waals surface area contributed by atoms with E-state index in [1.165, 1.54) is 19.3 Å². The molecular formula is C11H15N5S. The van der Waals surface area contributed by atoms with Gasteiger partial charge in [-0.2, -0.15) is 5.10 Å². The first kappa shape index (κ1) is 10.8. The van der Waals surface area contributed by atoms with Gasteiger partial charge in [0.05, 0.1) is 11.6 Å². The van der Waals surface area contributed by atoms with Gasteiger partial charge in [0.2, 0.25) is 0 Å². The second-order valence-corrected chi connectivity index (χ2v) is 4.99. The summed E-state index contributed by atoms with van der Waals surface area (Å²) in [7, 11) is 0. The van der Waals surface area contributed by atoms with Crippen molar-refractivity contribution in [2.45, 2.75) is 24.4 Å². The number of hydrogen-bond donors (Lipinski definition) is 1. The molecule has 1 fully saturated rings. The van der Waals surface area contributed by atoms with Crippen LogP contribution in [0.4, 0.5) is 5.82 Å². The van der Waals surface area contributed by atoms with E-state index in [1.807, 2.05) is 12.5 Å². The maximum absolute atomic E-state index is 4.63. The highest BCUT2D eigenvalue weighted by molar-refractivity contribution is 7.98. The summed E-state index contributed by atoms with van der Waals surface area (Å²) in [6.07, 6.45) is 7.64. The Balaban J connectivity index is 2.08. The third-order valence-electron chi connectivity index (χ3n) is 3.11. The Hall–Kier alpha value is -1.30. The molecule has 0 atom stereocenters. The lowest BCUT2D eigenvalue weighted by Crippen LogP contribution is -2.30. The molecule has 0 aromatic carbocycles. The third kappa shape index (κ3) is 1.97. The lowest BCUT2D eigenvalue weighted by molar-refractivity contribution is 0.573. The van der Waals surface area contributed by atoms with Crippen LogP contribution in [-0.2, 0) is 0 Å². The molecule has 0 bridgehead atoms. The van der Waals surface area contributed by atoms with Gasteiger partial charge in [-0.1, -0.05) is 11.8 Å². The number of fused-ring (bicyclic) bond motifs is 1. The van der Waals surface area contributed by atoms with Crippen molar-refractivity contribution in [3.05, 3.63) is 6.20 Å². The van der Waals surface area contributed by atoms with E-state index >= 15 is 0 Å². The van der Waals surface area contributed by atoms with Gasteiger partial charge in [0.1, 0.15) is 5.82 Å². The average molecular weight is 249 g/mol. The van der Waals surface area contributed by atoms with E-state index in [0.29, 0.717) is 0 Å². The Morgan fingerprint density at radius 3 is 2.82 bits per heavy atom. The summed E-state index contributed by atoms with van der Waals surface area (Å²) in [4.78, 5) is 11.4. The van der Waals surface area contributed by atoms with Crippen LogP contribution in [0.3, 0.4) is 0 Å². The molecule has 1 aliphatic heterocycles. The van der Waals surface area contributed by atoms with Crippen molar-refractivity contribution in [1.82, 2.24) is 20.2 Å². The highest BCUT2D eigenvalue weighted by atomic mass is 32.2. The van der Waals surface area contributed by atoms with Crippen LogP contribution in [-0.4, -0.2) is 39.5 Å². The average Bonchev–Trinajstić information content (AvgIpc) is 2.86. The molecule has 2 aromatic heterocycles. The molecule has 0 spiro atoms. The van der Waals surface area contributed by atoms with Crippen molar-refractivity contribution >= 4 is 28.6 Å². The van der Waals surface area contributed by atoms with Gasteiger partial charge in [-0.05, 0) is 25.5 Å². The standard InChI is InChI=1S/C11H15N5S/c1-17-11-13-9-8(7-12-15-9)10(14-11)16-5-3-2-4-6-16/h7H,2-6H2,1H3,(H,12,13,14,15). The first-order valence-corrected chi connectivity index (χ1v) is 7.11. The van der Waals surface area contributed by atoms with E-state index in [1.54, 1.807) is 11.8 Å². The smallest absolute Gasteiger partial charge is 0.191 e. The van der Waals surface area contributed by atoms with Crippen molar-refractivity contribution in [1.29, 1.82) is 0 Å². The molecule has 2 aromatic rings. The fourth-order valence-corrected chi connectivity index (χ4v) is 2.60. The predicted molar refractivity (Wildman–Crippen MR) is 69.5 cm³/mol. The summed E-state index contributed by atoms with van der Waals surface area (Å²) >= 11 is 1.57. The van der Waals surface area contributed by atoms with Gasteiger partial charge in [-0.15, -0.1) is 0 Å².